The largest absolute Gasteiger partial charge is 0.494 e. The first-order valence-corrected chi connectivity index (χ1v) is 13.3. The van der Waals surface area contributed by atoms with E-state index in [1.165, 1.54) is 0 Å². The van der Waals surface area contributed by atoms with E-state index in [1.807, 2.05) is 45.0 Å². The van der Waals surface area contributed by atoms with Crippen LogP contribution >= 0.6 is 11.6 Å². The highest BCUT2D eigenvalue weighted by Crippen LogP contribution is 2.29. The average molecular weight is 517 g/mol. The fourth-order valence-corrected chi connectivity index (χ4v) is 4.47. The smallest absolute Gasteiger partial charge is 0.318 e. The topological polar surface area (TPSA) is 78.9 Å². The third-order valence-corrected chi connectivity index (χ3v) is 6.66. The number of amides is 2. The van der Waals surface area contributed by atoms with Gasteiger partial charge in [0.25, 0.3) is 0 Å². The van der Waals surface area contributed by atoms with E-state index in [2.05, 4.69) is 12.2 Å². The summed E-state index contributed by atoms with van der Waals surface area (Å²) < 4.78 is 5.64. The van der Waals surface area contributed by atoms with E-state index in [-0.39, 0.29) is 36.4 Å². The minimum absolute atomic E-state index is 0.0179. The Morgan fingerprint density at radius 1 is 1.11 bits per heavy atom. The molecular weight excluding hydrogens is 476 g/mol. The van der Waals surface area contributed by atoms with Gasteiger partial charge >= 0.3 is 6.03 Å². The highest BCUT2D eigenvalue weighted by molar-refractivity contribution is 6.34. The van der Waals surface area contributed by atoms with E-state index in [0.717, 1.165) is 24.0 Å². The van der Waals surface area contributed by atoms with Crippen molar-refractivity contribution in [3.05, 3.63) is 64.2 Å². The van der Waals surface area contributed by atoms with Crippen LogP contribution < -0.4 is 10.1 Å². The number of carbonyl (C=O) groups excluding carboxylic acids is 2. The van der Waals surface area contributed by atoms with Crippen molar-refractivity contribution in [2.75, 3.05) is 13.2 Å². The molecule has 0 radical (unpaired) electrons. The van der Waals surface area contributed by atoms with Crippen molar-refractivity contribution < 1.29 is 19.4 Å². The third kappa shape index (κ3) is 8.52. The van der Waals surface area contributed by atoms with Gasteiger partial charge in [-0.15, -0.1) is 0 Å². The van der Waals surface area contributed by atoms with Crippen LogP contribution in [0, 0.1) is 12.8 Å². The lowest BCUT2D eigenvalue weighted by Gasteiger charge is -2.33. The summed E-state index contributed by atoms with van der Waals surface area (Å²) in [4.78, 5) is 28.5. The molecule has 0 saturated heterocycles. The van der Waals surface area contributed by atoms with Crippen LogP contribution in [-0.4, -0.2) is 47.1 Å². The van der Waals surface area contributed by atoms with E-state index < -0.39 is 0 Å². The molecule has 1 unspecified atom stereocenters. The van der Waals surface area contributed by atoms with Crippen molar-refractivity contribution in [3.8, 4) is 5.75 Å². The Hall–Kier alpha value is -2.57. The number of ketones is 1. The van der Waals surface area contributed by atoms with E-state index in [0.29, 0.717) is 42.3 Å². The molecule has 2 rings (SSSR count). The number of Topliss-reactive ketones (excluding diaryl/α,β-unsaturated/α-hetero) is 1. The van der Waals surface area contributed by atoms with Crippen molar-refractivity contribution in [1.82, 2.24) is 10.2 Å². The summed E-state index contributed by atoms with van der Waals surface area (Å²) in [5, 5.41) is 12.7. The number of urea groups is 1. The number of hydrogen-bond donors (Lipinski definition) is 2. The second-order valence-corrected chi connectivity index (χ2v) is 9.92. The van der Waals surface area contributed by atoms with E-state index in [4.69, 9.17) is 16.3 Å². The molecule has 198 valence electrons. The number of aliphatic hydroxyl groups is 1. The first-order chi connectivity index (χ1) is 17.2. The third-order valence-electron chi connectivity index (χ3n) is 6.35. The van der Waals surface area contributed by atoms with Crippen LogP contribution in [0.15, 0.2) is 42.5 Å². The van der Waals surface area contributed by atoms with Crippen LogP contribution in [0.2, 0.25) is 5.02 Å². The Morgan fingerprint density at radius 3 is 2.44 bits per heavy atom. The Morgan fingerprint density at radius 2 is 1.83 bits per heavy atom. The van der Waals surface area contributed by atoms with E-state index >= 15 is 0 Å². The lowest BCUT2D eigenvalue weighted by molar-refractivity contribution is 0.0871. The van der Waals surface area contributed by atoms with Crippen LogP contribution in [0.4, 0.5) is 4.79 Å². The summed E-state index contributed by atoms with van der Waals surface area (Å²) in [7, 11) is 0. The molecular formula is C29H41ClN2O4. The summed E-state index contributed by atoms with van der Waals surface area (Å²) in [5.74, 6) is 0.348. The zero-order chi connectivity index (χ0) is 26.7. The molecule has 3 atom stereocenters. The quantitative estimate of drug-likeness (QED) is 0.284. The maximum atomic E-state index is 13.6. The minimum Gasteiger partial charge on any atom is -0.494 e. The van der Waals surface area contributed by atoms with Crippen LogP contribution in [0.3, 0.4) is 0 Å². The van der Waals surface area contributed by atoms with Gasteiger partial charge in [0, 0.05) is 24.1 Å². The molecule has 2 aromatic rings. The van der Waals surface area contributed by atoms with Gasteiger partial charge in [0.1, 0.15) is 5.75 Å². The molecule has 0 saturated carbocycles. The number of aliphatic hydroxyl groups excluding tert-OH is 1. The molecule has 2 aromatic carbocycles. The van der Waals surface area contributed by atoms with Gasteiger partial charge in [-0.25, -0.2) is 4.79 Å². The lowest BCUT2D eigenvalue weighted by atomic mass is 9.87. The maximum Gasteiger partial charge on any atom is 0.318 e. The molecule has 2 amide bonds. The van der Waals surface area contributed by atoms with Crippen LogP contribution in [0.25, 0.3) is 0 Å². The highest BCUT2D eigenvalue weighted by atomic mass is 35.5. The summed E-state index contributed by atoms with van der Waals surface area (Å²) in [6.45, 7) is 10.7. The number of ether oxygens (including phenoxy) is 1. The van der Waals surface area contributed by atoms with Crippen LogP contribution in [-0.2, 0) is 6.54 Å². The van der Waals surface area contributed by atoms with Gasteiger partial charge in [-0.2, -0.15) is 0 Å². The SMILES string of the molecule is CCCOc1ccc(C(=O)[C@@H](CCC)C[C@@H](C)N(Cc2ccccc2C)C(=O)NC(C)CO)c(Cl)c1. The molecule has 0 aromatic heterocycles. The normalized spacial score (nSPS) is 13.5. The van der Waals surface area contributed by atoms with Crippen molar-refractivity contribution in [3.63, 3.8) is 0 Å². The molecule has 36 heavy (non-hydrogen) atoms. The molecule has 0 spiro atoms. The lowest BCUT2D eigenvalue weighted by Crippen LogP contribution is -2.49. The standard InChI is InChI=1S/C29H41ClN2O4/c1-6-10-23(28(34)26-14-13-25(17-27(26)30)36-15-7-2)16-22(5)32(29(35)31-21(4)19-33)18-24-12-9-8-11-20(24)3/h8-9,11-14,17,21-23,33H,6-7,10,15-16,18-19H2,1-5H3,(H,31,35)/t21?,22-,23+/m1/s1. The molecule has 0 aliphatic heterocycles. The molecule has 0 fully saturated rings. The van der Waals surface area contributed by atoms with E-state index in [9.17, 15) is 14.7 Å². The maximum absolute atomic E-state index is 13.6. The number of rotatable bonds is 14. The Bertz CT molecular complexity index is 997. The van der Waals surface area contributed by atoms with Gasteiger partial charge < -0.3 is 20.1 Å². The minimum atomic E-state index is -0.371. The molecule has 0 aliphatic rings. The van der Waals surface area contributed by atoms with Gasteiger partial charge in [0.15, 0.2) is 5.78 Å². The molecule has 7 heteroatoms. The molecule has 2 N–H and O–H groups in total. The Labute approximate surface area is 221 Å². The van der Waals surface area contributed by atoms with Crippen molar-refractivity contribution >= 4 is 23.4 Å². The summed E-state index contributed by atoms with van der Waals surface area (Å²) in [5.41, 5.74) is 2.62. The van der Waals surface area contributed by atoms with Gasteiger partial charge in [0.05, 0.1) is 24.3 Å². The zero-order valence-corrected chi connectivity index (χ0v) is 23.0. The summed E-state index contributed by atoms with van der Waals surface area (Å²) >= 11 is 6.50. The molecule has 0 bridgehead atoms. The van der Waals surface area contributed by atoms with Crippen molar-refractivity contribution in [1.29, 1.82) is 0 Å². The monoisotopic (exact) mass is 516 g/mol. The van der Waals surface area contributed by atoms with Gasteiger partial charge in [-0.1, -0.05) is 56.1 Å². The molecule has 0 heterocycles. The highest BCUT2D eigenvalue weighted by Gasteiger charge is 2.29. The van der Waals surface area contributed by atoms with Gasteiger partial charge in [0.2, 0.25) is 0 Å². The fraction of sp³-hybridized carbons (Fsp3) is 0.517. The fourth-order valence-electron chi connectivity index (χ4n) is 4.21. The number of aryl methyl sites for hydroxylation is 1. The predicted molar refractivity (Wildman–Crippen MR) is 146 cm³/mol. The van der Waals surface area contributed by atoms with Gasteiger partial charge in [-0.3, -0.25) is 4.79 Å². The number of nitrogens with one attached hydrogen (secondary N) is 1. The van der Waals surface area contributed by atoms with E-state index in [1.54, 1.807) is 30.0 Å². The first-order valence-electron chi connectivity index (χ1n) is 12.9. The second kappa shape index (κ2) is 14.9. The zero-order valence-electron chi connectivity index (χ0n) is 22.2. The second-order valence-electron chi connectivity index (χ2n) is 9.51. The predicted octanol–water partition coefficient (Wildman–Crippen LogP) is 6.41. The first kappa shape index (κ1) is 29.7. The summed E-state index contributed by atoms with van der Waals surface area (Å²) in [6.07, 6.45) is 2.92. The van der Waals surface area contributed by atoms with Crippen LogP contribution in [0.1, 0.15) is 74.9 Å². The summed E-state index contributed by atoms with van der Waals surface area (Å²) in [6, 6.07) is 12.3. The van der Waals surface area contributed by atoms with Crippen molar-refractivity contribution in [2.45, 2.75) is 78.9 Å². The Kier molecular flexibility index (Phi) is 12.2. The molecule has 0 aliphatic carbocycles. The average Bonchev–Trinajstić information content (AvgIpc) is 2.86. The van der Waals surface area contributed by atoms with Gasteiger partial charge in [-0.05, 0) is 69.4 Å². The number of hydrogen-bond acceptors (Lipinski definition) is 4. The number of halogens is 1. The number of carbonyl (C=O) groups is 2. The number of nitrogens with zero attached hydrogens (tertiary/aromatic N) is 1. The Balaban J connectivity index is 2.27. The van der Waals surface area contributed by atoms with Crippen molar-refractivity contribution in [2.24, 2.45) is 5.92 Å². The molecule has 6 nitrogen and oxygen atoms in total. The van der Waals surface area contributed by atoms with Crippen LogP contribution in [0.5, 0.6) is 5.75 Å². The number of benzene rings is 2.